The molecule has 2 rings (SSSR count). The van der Waals surface area contributed by atoms with Crippen LogP contribution in [-0.4, -0.2) is 36.6 Å². The van der Waals surface area contributed by atoms with Crippen molar-refractivity contribution in [3.05, 3.63) is 18.0 Å². The summed E-state index contributed by atoms with van der Waals surface area (Å²) in [5, 5.41) is 3.41. The van der Waals surface area contributed by atoms with Gasteiger partial charge in [-0.2, -0.15) is 0 Å². The van der Waals surface area contributed by atoms with Gasteiger partial charge >= 0.3 is 0 Å². The Balaban J connectivity index is 1.82. The van der Waals surface area contributed by atoms with Crippen LogP contribution in [0.4, 0.5) is 5.95 Å². The standard InChI is InChI=1S/C15H26N4/c1-12(2)8-14-10-17-15(18-11-14)19(3)7-5-13-4-6-16-9-13/h10-13,16H,4-9H2,1-3H3. The lowest BCUT2D eigenvalue weighted by Gasteiger charge is -2.19. The molecule has 106 valence electrons. The Morgan fingerprint density at radius 1 is 1.37 bits per heavy atom. The monoisotopic (exact) mass is 262 g/mol. The van der Waals surface area contributed by atoms with Gasteiger partial charge in [0.1, 0.15) is 0 Å². The number of aromatic nitrogens is 2. The maximum Gasteiger partial charge on any atom is 0.224 e. The number of nitrogens with one attached hydrogen (secondary N) is 1. The molecule has 0 saturated carbocycles. The van der Waals surface area contributed by atoms with E-state index < -0.39 is 0 Å². The van der Waals surface area contributed by atoms with E-state index in [4.69, 9.17) is 0 Å². The summed E-state index contributed by atoms with van der Waals surface area (Å²) in [5.74, 6) is 2.32. The third-order valence-electron chi connectivity index (χ3n) is 3.71. The third-order valence-corrected chi connectivity index (χ3v) is 3.71. The molecule has 1 aromatic rings. The van der Waals surface area contributed by atoms with E-state index in [1.165, 1.54) is 31.5 Å². The molecule has 1 N–H and O–H groups in total. The molecule has 4 nitrogen and oxygen atoms in total. The van der Waals surface area contributed by atoms with Crippen LogP contribution in [0.2, 0.25) is 0 Å². The first-order valence-electron chi connectivity index (χ1n) is 7.38. The Labute approximate surface area is 116 Å². The van der Waals surface area contributed by atoms with Crippen LogP contribution in [0, 0.1) is 11.8 Å². The average molecular weight is 262 g/mol. The van der Waals surface area contributed by atoms with Gasteiger partial charge in [0.15, 0.2) is 0 Å². The molecule has 1 unspecified atom stereocenters. The first-order valence-corrected chi connectivity index (χ1v) is 7.38. The van der Waals surface area contributed by atoms with Gasteiger partial charge in [0.25, 0.3) is 0 Å². The average Bonchev–Trinajstić information content (AvgIpc) is 2.89. The number of hydrogen-bond donors (Lipinski definition) is 1. The number of anilines is 1. The van der Waals surface area contributed by atoms with E-state index in [1.807, 2.05) is 12.4 Å². The van der Waals surface area contributed by atoms with Crippen LogP contribution in [0.5, 0.6) is 0 Å². The highest BCUT2D eigenvalue weighted by atomic mass is 15.2. The molecule has 1 aliphatic rings. The maximum atomic E-state index is 4.48. The first-order chi connectivity index (χ1) is 9.15. The van der Waals surface area contributed by atoms with Crippen molar-refractivity contribution in [2.24, 2.45) is 11.8 Å². The lowest BCUT2D eigenvalue weighted by molar-refractivity contribution is 0.531. The molecular formula is C15H26N4. The second kappa shape index (κ2) is 6.85. The Kier molecular flexibility index (Phi) is 5.14. The van der Waals surface area contributed by atoms with Gasteiger partial charge in [0.2, 0.25) is 5.95 Å². The molecule has 0 aliphatic carbocycles. The zero-order chi connectivity index (χ0) is 13.7. The van der Waals surface area contributed by atoms with Crippen LogP contribution >= 0.6 is 0 Å². The number of nitrogens with zero attached hydrogens (tertiary/aromatic N) is 3. The molecule has 2 heterocycles. The van der Waals surface area contributed by atoms with E-state index in [9.17, 15) is 0 Å². The van der Waals surface area contributed by atoms with Gasteiger partial charge in [-0.1, -0.05) is 13.8 Å². The van der Waals surface area contributed by atoms with Crippen LogP contribution in [0.15, 0.2) is 12.4 Å². The van der Waals surface area contributed by atoms with Gasteiger partial charge in [0.05, 0.1) is 0 Å². The van der Waals surface area contributed by atoms with Gasteiger partial charge in [-0.25, -0.2) is 9.97 Å². The first kappa shape index (κ1) is 14.3. The summed E-state index contributed by atoms with van der Waals surface area (Å²) in [6.45, 7) is 7.82. The fourth-order valence-electron chi connectivity index (χ4n) is 2.56. The van der Waals surface area contributed by atoms with Crippen molar-refractivity contribution in [3.8, 4) is 0 Å². The largest absolute Gasteiger partial charge is 0.344 e. The van der Waals surface area contributed by atoms with Crippen LogP contribution in [0.1, 0.15) is 32.3 Å². The van der Waals surface area contributed by atoms with E-state index in [0.29, 0.717) is 5.92 Å². The SMILES string of the molecule is CC(C)Cc1cnc(N(C)CCC2CCNC2)nc1. The van der Waals surface area contributed by atoms with Gasteiger partial charge in [0, 0.05) is 26.0 Å². The summed E-state index contributed by atoms with van der Waals surface area (Å²) >= 11 is 0. The normalized spacial score (nSPS) is 19.1. The quantitative estimate of drug-likeness (QED) is 0.852. The lowest BCUT2D eigenvalue weighted by atomic mass is 10.1. The smallest absolute Gasteiger partial charge is 0.224 e. The predicted molar refractivity (Wildman–Crippen MR) is 79.4 cm³/mol. The van der Waals surface area contributed by atoms with E-state index in [1.54, 1.807) is 0 Å². The summed E-state index contributed by atoms with van der Waals surface area (Å²) in [6, 6.07) is 0. The maximum absolute atomic E-state index is 4.48. The van der Waals surface area contributed by atoms with Crippen molar-refractivity contribution in [1.82, 2.24) is 15.3 Å². The number of hydrogen-bond acceptors (Lipinski definition) is 4. The van der Waals surface area contributed by atoms with Crippen LogP contribution in [-0.2, 0) is 6.42 Å². The summed E-state index contributed by atoms with van der Waals surface area (Å²) in [4.78, 5) is 11.1. The van der Waals surface area contributed by atoms with Crippen molar-refractivity contribution < 1.29 is 0 Å². The zero-order valence-electron chi connectivity index (χ0n) is 12.4. The molecule has 1 saturated heterocycles. The second-order valence-electron chi connectivity index (χ2n) is 6.06. The molecular weight excluding hydrogens is 236 g/mol. The molecule has 19 heavy (non-hydrogen) atoms. The molecule has 0 bridgehead atoms. The summed E-state index contributed by atoms with van der Waals surface area (Å²) in [6.07, 6.45) is 7.52. The molecule has 1 atom stereocenters. The van der Waals surface area contributed by atoms with Crippen molar-refractivity contribution in [3.63, 3.8) is 0 Å². The summed E-state index contributed by atoms with van der Waals surface area (Å²) in [5.41, 5.74) is 1.23. The Morgan fingerprint density at radius 2 is 2.11 bits per heavy atom. The van der Waals surface area contributed by atoms with Gasteiger partial charge in [-0.05, 0) is 49.8 Å². The van der Waals surface area contributed by atoms with E-state index >= 15 is 0 Å². The van der Waals surface area contributed by atoms with E-state index in [2.05, 4.69) is 41.1 Å². The molecule has 4 heteroatoms. The van der Waals surface area contributed by atoms with Gasteiger partial charge < -0.3 is 10.2 Å². The molecule has 0 amide bonds. The third kappa shape index (κ3) is 4.46. The molecule has 1 fully saturated rings. The summed E-state index contributed by atoms with van der Waals surface area (Å²) in [7, 11) is 2.08. The van der Waals surface area contributed by atoms with Crippen molar-refractivity contribution in [1.29, 1.82) is 0 Å². The van der Waals surface area contributed by atoms with Gasteiger partial charge in [-0.3, -0.25) is 0 Å². The highest BCUT2D eigenvalue weighted by Crippen LogP contribution is 2.14. The van der Waals surface area contributed by atoms with E-state index in [-0.39, 0.29) is 0 Å². The molecule has 0 aromatic carbocycles. The Bertz CT molecular complexity index is 368. The minimum absolute atomic E-state index is 0.655. The fourth-order valence-corrected chi connectivity index (χ4v) is 2.56. The highest BCUT2D eigenvalue weighted by Gasteiger charge is 2.15. The second-order valence-corrected chi connectivity index (χ2v) is 6.06. The highest BCUT2D eigenvalue weighted by molar-refractivity contribution is 5.28. The van der Waals surface area contributed by atoms with Crippen LogP contribution in [0.25, 0.3) is 0 Å². The van der Waals surface area contributed by atoms with Crippen molar-refractivity contribution >= 4 is 5.95 Å². The minimum atomic E-state index is 0.655. The topological polar surface area (TPSA) is 41.1 Å². The van der Waals surface area contributed by atoms with Gasteiger partial charge in [-0.15, -0.1) is 0 Å². The van der Waals surface area contributed by atoms with Crippen LogP contribution < -0.4 is 10.2 Å². The van der Waals surface area contributed by atoms with E-state index in [0.717, 1.165) is 24.8 Å². The lowest BCUT2D eigenvalue weighted by Crippen LogP contribution is -2.23. The summed E-state index contributed by atoms with van der Waals surface area (Å²) < 4.78 is 0. The number of rotatable bonds is 6. The molecule has 0 radical (unpaired) electrons. The van der Waals surface area contributed by atoms with Crippen LogP contribution in [0.3, 0.4) is 0 Å². The molecule has 0 spiro atoms. The Hall–Kier alpha value is -1.16. The molecule has 1 aromatic heterocycles. The molecule has 1 aliphatic heterocycles. The fraction of sp³-hybridized carbons (Fsp3) is 0.733. The zero-order valence-corrected chi connectivity index (χ0v) is 12.4. The van der Waals surface area contributed by atoms with Crippen molar-refractivity contribution in [2.75, 3.05) is 31.6 Å². The predicted octanol–water partition coefficient (Wildman–Crippen LogP) is 2.11. The minimum Gasteiger partial charge on any atom is -0.344 e. The Morgan fingerprint density at radius 3 is 2.68 bits per heavy atom. The van der Waals surface area contributed by atoms with Crippen molar-refractivity contribution in [2.45, 2.75) is 33.1 Å².